The second-order valence-electron chi connectivity index (χ2n) is 4.96. The molecule has 0 spiro atoms. The van der Waals surface area contributed by atoms with E-state index in [9.17, 15) is 4.79 Å². The van der Waals surface area contributed by atoms with Crippen LogP contribution >= 0.6 is 11.3 Å². The van der Waals surface area contributed by atoms with E-state index in [-0.39, 0.29) is 38.7 Å². The molecule has 1 amide bonds. The normalized spacial score (nSPS) is 10.4. The van der Waals surface area contributed by atoms with Crippen LogP contribution in [0.4, 0.5) is 4.79 Å². The summed E-state index contributed by atoms with van der Waals surface area (Å²) in [6, 6.07) is -0.0558. The van der Waals surface area contributed by atoms with Crippen molar-refractivity contribution in [3.05, 3.63) is 34.8 Å². The van der Waals surface area contributed by atoms with Gasteiger partial charge in [0.05, 0.1) is 24.3 Å². The van der Waals surface area contributed by atoms with E-state index >= 15 is 0 Å². The molecule has 0 aliphatic heterocycles. The van der Waals surface area contributed by atoms with Crippen LogP contribution < -0.4 is 4.57 Å². The Morgan fingerprint density at radius 3 is 2.75 bits per heavy atom. The van der Waals surface area contributed by atoms with Crippen molar-refractivity contribution in [3.63, 3.8) is 0 Å². The number of amides is 1. The smallest absolute Gasteiger partial charge is 0.301 e. The standard InChI is InChI=1S/C13H19N4OS.Y/c1-10(2)12-14-11(8-19-12)7-16(4)13(18)17-6-5-15(3)9-17;/h5-6,8-10H,7H2,1-4H3;/q+1;. The van der Waals surface area contributed by atoms with Gasteiger partial charge in [-0.3, -0.25) is 0 Å². The molecule has 0 aromatic carbocycles. The number of carbonyl (C=O) groups is 1. The minimum atomic E-state index is -0.0558. The van der Waals surface area contributed by atoms with Crippen LogP contribution in [0.25, 0.3) is 0 Å². The molecular formula is C13H19N4OSY+. The minimum absolute atomic E-state index is 0. The molecule has 1 radical (unpaired) electrons. The van der Waals surface area contributed by atoms with Crippen LogP contribution in [0.3, 0.4) is 0 Å². The summed E-state index contributed by atoms with van der Waals surface area (Å²) < 4.78 is 3.40. The molecule has 0 aliphatic carbocycles. The largest absolute Gasteiger partial charge is 0.415 e. The van der Waals surface area contributed by atoms with Crippen LogP contribution in [0.2, 0.25) is 0 Å². The molecule has 2 aromatic rings. The zero-order valence-electron chi connectivity index (χ0n) is 12.3. The summed E-state index contributed by atoms with van der Waals surface area (Å²) in [5.74, 6) is 0.434. The van der Waals surface area contributed by atoms with Crippen molar-refractivity contribution in [1.82, 2.24) is 14.5 Å². The van der Waals surface area contributed by atoms with Gasteiger partial charge in [0.2, 0.25) is 0 Å². The summed E-state index contributed by atoms with van der Waals surface area (Å²) in [6.07, 6.45) is 5.34. The van der Waals surface area contributed by atoms with Crippen LogP contribution in [0.5, 0.6) is 0 Å². The quantitative estimate of drug-likeness (QED) is 0.778. The molecule has 0 aliphatic rings. The predicted molar refractivity (Wildman–Crippen MR) is 74.1 cm³/mol. The third kappa shape index (κ3) is 4.20. The molecule has 105 valence electrons. The average Bonchev–Trinajstić information content (AvgIpc) is 2.97. The summed E-state index contributed by atoms with van der Waals surface area (Å²) >= 11 is 1.65. The van der Waals surface area contributed by atoms with Crippen molar-refractivity contribution >= 4 is 17.4 Å². The Labute approximate surface area is 148 Å². The van der Waals surface area contributed by atoms with E-state index in [1.807, 2.05) is 23.2 Å². The van der Waals surface area contributed by atoms with E-state index in [1.165, 1.54) is 0 Å². The van der Waals surface area contributed by atoms with Crippen LogP contribution in [-0.2, 0) is 46.3 Å². The second-order valence-corrected chi connectivity index (χ2v) is 5.85. The summed E-state index contributed by atoms with van der Waals surface area (Å²) in [5, 5.41) is 3.14. The molecule has 0 bridgehead atoms. The summed E-state index contributed by atoms with van der Waals surface area (Å²) in [4.78, 5) is 18.4. The molecule has 2 aromatic heterocycles. The second kappa shape index (κ2) is 7.43. The molecule has 7 heteroatoms. The Morgan fingerprint density at radius 1 is 1.55 bits per heavy atom. The number of hydrogen-bond donors (Lipinski definition) is 0. The maximum absolute atomic E-state index is 12.2. The van der Waals surface area contributed by atoms with Gasteiger partial charge in [-0.15, -0.1) is 11.3 Å². The van der Waals surface area contributed by atoms with E-state index < -0.39 is 0 Å². The third-order valence-corrected chi connectivity index (χ3v) is 3.97. The molecule has 2 rings (SSSR count). The Hall–Kier alpha value is -0.586. The number of imidazole rings is 1. The molecule has 0 unspecified atom stereocenters. The molecule has 5 nitrogen and oxygen atoms in total. The van der Waals surface area contributed by atoms with Crippen molar-refractivity contribution in [2.45, 2.75) is 26.3 Å². The van der Waals surface area contributed by atoms with Crippen LogP contribution in [0.1, 0.15) is 30.5 Å². The number of hydrogen-bond acceptors (Lipinski definition) is 3. The number of carbonyl (C=O) groups excluding carboxylic acids is 1. The summed E-state index contributed by atoms with van der Waals surface area (Å²) in [7, 11) is 3.68. The van der Waals surface area contributed by atoms with Crippen molar-refractivity contribution in [1.29, 1.82) is 0 Å². The van der Waals surface area contributed by atoms with Crippen molar-refractivity contribution < 1.29 is 42.1 Å². The van der Waals surface area contributed by atoms with Gasteiger partial charge in [0.1, 0.15) is 12.4 Å². The van der Waals surface area contributed by atoms with E-state index in [2.05, 4.69) is 18.8 Å². The number of thiazole rings is 1. The van der Waals surface area contributed by atoms with E-state index in [0.29, 0.717) is 12.5 Å². The molecule has 0 saturated carbocycles. The monoisotopic (exact) mass is 368 g/mol. The Morgan fingerprint density at radius 2 is 2.25 bits per heavy atom. The first-order valence-corrected chi connectivity index (χ1v) is 7.08. The van der Waals surface area contributed by atoms with Crippen molar-refractivity contribution in [3.8, 4) is 0 Å². The number of rotatable bonds is 3. The maximum atomic E-state index is 12.2. The van der Waals surface area contributed by atoms with Gasteiger partial charge >= 0.3 is 6.03 Å². The number of aromatic nitrogens is 3. The van der Waals surface area contributed by atoms with Crippen LogP contribution in [0, 0.1) is 0 Å². The number of nitrogens with zero attached hydrogens (tertiary/aromatic N) is 4. The first kappa shape index (κ1) is 17.5. The zero-order valence-corrected chi connectivity index (χ0v) is 15.9. The van der Waals surface area contributed by atoms with Crippen LogP contribution in [0.15, 0.2) is 24.1 Å². The van der Waals surface area contributed by atoms with Gasteiger partial charge in [0, 0.05) is 51.1 Å². The van der Waals surface area contributed by atoms with Gasteiger partial charge in [-0.1, -0.05) is 13.8 Å². The van der Waals surface area contributed by atoms with E-state index in [0.717, 1.165) is 10.7 Å². The summed E-state index contributed by atoms with van der Waals surface area (Å²) in [5.41, 5.74) is 0.945. The van der Waals surface area contributed by atoms with Crippen LogP contribution in [-0.4, -0.2) is 27.5 Å². The first-order valence-electron chi connectivity index (χ1n) is 6.20. The average molecular weight is 368 g/mol. The minimum Gasteiger partial charge on any atom is -0.301 e. The zero-order chi connectivity index (χ0) is 14.0. The van der Waals surface area contributed by atoms with Gasteiger partial charge in [0.15, 0.2) is 0 Å². The Kier molecular flexibility index (Phi) is 6.49. The molecular weight excluding hydrogens is 349 g/mol. The molecule has 0 saturated heterocycles. The number of aryl methyl sites for hydroxylation is 1. The summed E-state index contributed by atoms with van der Waals surface area (Å²) in [6.45, 7) is 4.78. The molecule has 2 heterocycles. The fourth-order valence-corrected chi connectivity index (χ4v) is 2.56. The van der Waals surface area contributed by atoms with E-state index in [1.54, 1.807) is 40.4 Å². The molecule has 20 heavy (non-hydrogen) atoms. The topological polar surface area (TPSA) is 42.0 Å². The SMILES string of the molecule is CC(C)c1nc(CN(C)C(=O)n2cc[n+](C)c2)cs1.[Y]. The van der Waals surface area contributed by atoms with Gasteiger partial charge in [-0.25, -0.2) is 14.3 Å². The third-order valence-electron chi connectivity index (χ3n) is 2.78. The Balaban J connectivity index is 0.00000200. The maximum Gasteiger partial charge on any atom is 0.415 e. The van der Waals surface area contributed by atoms with Crippen molar-refractivity contribution in [2.24, 2.45) is 7.05 Å². The Bertz CT molecular complexity index is 578. The van der Waals surface area contributed by atoms with Gasteiger partial charge < -0.3 is 4.90 Å². The fourth-order valence-electron chi connectivity index (χ4n) is 1.73. The van der Waals surface area contributed by atoms with Gasteiger partial charge in [0.25, 0.3) is 6.33 Å². The van der Waals surface area contributed by atoms with Crippen molar-refractivity contribution in [2.75, 3.05) is 7.05 Å². The molecule has 0 N–H and O–H groups in total. The van der Waals surface area contributed by atoms with Gasteiger partial charge in [-0.2, -0.15) is 4.57 Å². The molecule has 0 atom stereocenters. The predicted octanol–water partition coefficient (Wildman–Crippen LogP) is 1.99. The van der Waals surface area contributed by atoms with Gasteiger partial charge in [-0.05, 0) is 0 Å². The first-order chi connectivity index (χ1) is 8.97. The molecule has 0 fully saturated rings. The van der Waals surface area contributed by atoms with E-state index in [4.69, 9.17) is 0 Å². The fraction of sp³-hybridized carbons (Fsp3) is 0.462.